The molecule has 3 aromatic carbocycles. The van der Waals surface area contributed by atoms with Gasteiger partial charge in [-0.15, -0.1) is 29.8 Å². The summed E-state index contributed by atoms with van der Waals surface area (Å²) in [5.41, 5.74) is 4.91. The molecule has 0 radical (unpaired) electrons. The van der Waals surface area contributed by atoms with Crippen molar-refractivity contribution < 1.29 is 30.5 Å². The number of allylic oxidation sites excluding steroid dienone is 3. The smallest absolute Gasteiger partial charge is 0.515 e. The molecule has 1 saturated carbocycles. The average Bonchev–Trinajstić information content (AvgIpc) is 3.54. The molecule has 0 amide bonds. The molecule has 2 aliphatic heterocycles. The van der Waals surface area contributed by atoms with E-state index in [2.05, 4.69) is 97.6 Å². The fourth-order valence-electron chi connectivity index (χ4n) is 6.30. The topological polar surface area (TPSA) is 47.0 Å². The summed E-state index contributed by atoms with van der Waals surface area (Å²) < 4.78 is 12.8. The molecule has 4 aliphatic rings. The maximum atomic E-state index is 6.43. The minimum Gasteiger partial charge on any atom is -0.515 e. The van der Waals surface area contributed by atoms with Crippen LogP contribution in [0.4, 0.5) is 17.2 Å². The van der Waals surface area contributed by atoms with Gasteiger partial charge in [-0.1, -0.05) is 85.4 Å². The molecule has 7 heteroatoms. The molecule has 0 N–H and O–H groups in total. The molecule has 0 saturated heterocycles. The zero-order chi connectivity index (χ0) is 27.5. The van der Waals surface area contributed by atoms with Crippen molar-refractivity contribution in [1.29, 1.82) is 0 Å². The summed E-state index contributed by atoms with van der Waals surface area (Å²) in [5.74, 6) is 3.70. The monoisotopic (exact) mass is 748 g/mol. The summed E-state index contributed by atoms with van der Waals surface area (Å²) in [7, 11) is 0. The Kier molecular flexibility index (Phi) is 7.08. The van der Waals surface area contributed by atoms with Gasteiger partial charge in [0, 0.05) is 28.5 Å². The number of aromatic nitrogens is 1. The fourth-order valence-corrected chi connectivity index (χ4v) is 7.33. The van der Waals surface area contributed by atoms with Crippen LogP contribution in [0.15, 0.2) is 106 Å². The number of aliphatic imine (C=N–C) groups is 1. The summed E-state index contributed by atoms with van der Waals surface area (Å²) >= 11 is 1.73. The van der Waals surface area contributed by atoms with Crippen LogP contribution in [-0.4, -0.2) is 23.0 Å². The van der Waals surface area contributed by atoms with E-state index in [0.717, 1.165) is 45.2 Å². The third-order valence-electron chi connectivity index (χ3n) is 8.05. The number of pyridine rings is 1. The third kappa shape index (κ3) is 4.81. The van der Waals surface area contributed by atoms with Crippen LogP contribution in [-0.2, 0) is 25.8 Å². The first-order valence-corrected chi connectivity index (χ1v) is 14.8. The normalized spacial score (nSPS) is 22.7. The van der Waals surface area contributed by atoms with Gasteiger partial charge in [0.15, 0.2) is 0 Å². The molecule has 4 atom stereocenters. The number of nitrogens with zero attached hydrogens (tertiary/aromatic N) is 3. The van der Waals surface area contributed by atoms with Crippen molar-refractivity contribution in [2.45, 2.75) is 42.2 Å². The van der Waals surface area contributed by atoms with Gasteiger partial charge in [0.2, 0.25) is 0 Å². The summed E-state index contributed by atoms with van der Waals surface area (Å²) in [6.07, 6.45) is 11.8. The van der Waals surface area contributed by atoms with Crippen LogP contribution in [0.25, 0.3) is 0 Å². The Morgan fingerprint density at radius 1 is 0.929 bits per heavy atom. The van der Waals surface area contributed by atoms with Crippen molar-refractivity contribution in [2.75, 3.05) is 4.90 Å². The molecule has 3 heterocycles. The van der Waals surface area contributed by atoms with Gasteiger partial charge in [-0.2, -0.15) is 5.56 Å². The molecule has 1 fully saturated rings. The maximum absolute atomic E-state index is 6.43. The second-order valence-corrected chi connectivity index (χ2v) is 12.1. The van der Waals surface area contributed by atoms with Gasteiger partial charge in [-0.05, 0) is 36.6 Å². The first-order chi connectivity index (χ1) is 20.1. The van der Waals surface area contributed by atoms with Crippen molar-refractivity contribution in [3.63, 3.8) is 0 Å². The van der Waals surface area contributed by atoms with Gasteiger partial charge < -0.3 is 14.4 Å². The first-order valence-electron chi connectivity index (χ1n) is 14.0. The number of ether oxygens (including phenoxy) is 2. The van der Waals surface area contributed by atoms with Gasteiger partial charge in [-0.25, -0.2) is 4.98 Å². The predicted molar refractivity (Wildman–Crippen MR) is 162 cm³/mol. The second kappa shape index (κ2) is 10.9. The summed E-state index contributed by atoms with van der Waals surface area (Å²) in [6.45, 7) is 4.13. The Balaban J connectivity index is 0.00000288. The number of benzene rings is 3. The van der Waals surface area contributed by atoms with E-state index in [1.165, 1.54) is 4.90 Å². The molecule has 2 aliphatic carbocycles. The van der Waals surface area contributed by atoms with E-state index in [9.17, 15) is 0 Å². The second-order valence-electron chi connectivity index (χ2n) is 11.0. The van der Waals surface area contributed by atoms with E-state index in [1.807, 2.05) is 24.4 Å². The van der Waals surface area contributed by atoms with E-state index < -0.39 is 0 Å². The van der Waals surface area contributed by atoms with Crippen molar-refractivity contribution in [3.05, 3.63) is 120 Å². The fraction of sp³-hybridized carbons (Fsp3) is 0.200. The molecule has 0 bridgehead atoms. The summed E-state index contributed by atoms with van der Waals surface area (Å²) in [5, 5.41) is 0. The largest absolute Gasteiger partial charge is 2.00 e. The minimum absolute atomic E-state index is 0. The molecular formula is C35H27N3O2PtS. The Bertz CT molecular complexity index is 1740. The van der Waals surface area contributed by atoms with Crippen molar-refractivity contribution in [2.24, 2.45) is 16.8 Å². The summed E-state index contributed by atoms with van der Waals surface area (Å²) in [4.78, 5) is 14.2. The molecule has 0 spiro atoms. The number of fused-ring (bicyclic) bond motifs is 5. The number of hydrogen-bond acceptors (Lipinski definition) is 6. The average molecular weight is 749 g/mol. The first kappa shape index (κ1) is 27.2. The SMILES string of the molecule is Cc1cc(Oc2[c-]c(N3c4ccccc4Sc4cccnc43)cc(C)c2)[c-]c(C2=N[C@@H]3C4C=CC=CC4C[C@@H]3O2)c1.[Pt+2]. The van der Waals surface area contributed by atoms with Crippen molar-refractivity contribution in [1.82, 2.24) is 4.98 Å². The van der Waals surface area contributed by atoms with E-state index in [1.54, 1.807) is 11.8 Å². The third-order valence-corrected chi connectivity index (χ3v) is 9.15. The van der Waals surface area contributed by atoms with Crippen molar-refractivity contribution >= 4 is 34.9 Å². The molecule has 42 heavy (non-hydrogen) atoms. The Labute approximate surface area is 264 Å². The molecule has 4 aromatic rings. The van der Waals surface area contributed by atoms with Gasteiger partial charge in [0.1, 0.15) is 17.8 Å². The summed E-state index contributed by atoms with van der Waals surface area (Å²) in [6, 6.07) is 27.7. The number of aryl methyl sites for hydroxylation is 2. The molecule has 5 nitrogen and oxygen atoms in total. The number of rotatable bonds is 4. The Hall–Kier alpha value is -3.60. The zero-order valence-corrected chi connectivity index (χ0v) is 26.1. The van der Waals surface area contributed by atoms with E-state index >= 15 is 0 Å². The molecular weight excluding hydrogens is 722 g/mol. The number of anilines is 3. The molecule has 2 unspecified atom stereocenters. The molecule has 210 valence electrons. The zero-order valence-electron chi connectivity index (χ0n) is 23.1. The van der Waals surface area contributed by atoms with E-state index in [-0.39, 0.29) is 33.2 Å². The van der Waals surface area contributed by atoms with E-state index in [4.69, 9.17) is 19.5 Å². The molecule has 8 rings (SSSR count). The molecule has 1 aromatic heterocycles. The van der Waals surface area contributed by atoms with Gasteiger partial charge >= 0.3 is 21.1 Å². The Morgan fingerprint density at radius 3 is 2.62 bits per heavy atom. The van der Waals surface area contributed by atoms with Crippen LogP contribution < -0.4 is 9.64 Å². The van der Waals surface area contributed by atoms with Gasteiger partial charge in [0.25, 0.3) is 0 Å². The number of hydrogen-bond donors (Lipinski definition) is 0. The van der Waals surface area contributed by atoms with Crippen LogP contribution >= 0.6 is 11.8 Å². The van der Waals surface area contributed by atoms with Gasteiger partial charge in [-0.3, -0.25) is 4.99 Å². The van der Waals surface area contributed by atoms with Gasteiger partial charge in [0.05, 0.1) is 16.6 Å². The van der Waals surface area contributed by atoms with Crippen LogP contribution in [0.1, 0.15) is 23.1 Å². The van der Waals surface area contributed by atoms with Crippen LogP contribution in [0, 0.1) is 37.8 Å². The number of para-hydroxylation sites is 1. The standard InChI is InChI=1S/C35H27N3O2S.Pt/c1-21-14-24(35-37-33-28-9-4-3-8-23(28)19-30(33)40-35)18-26(16-21)39-27-17-22(2)15-25(20-27)38-29-10-5-6-11-31(29)41-32-12-7-13-36-34(32)38;/h3-17,23,28,30,33H,19H2,1-2H3;/q-2;+2/t23?,28?,30-,33+;/m0./s1. The minimum atomic E-state index is 0. The predicted octanol–water partition coefficient (Wildman–Crippen LogP) is 8.30. The van der Waals surface area contributed by atoms with Crippen molar-refractivity contribution in [3.8, 4) is 11.5 Å². The van der Waals surface area contributed by atoms with Crippen LogP contribution in [0.2, 0.25) is 0 Å². The maximum Gasteiger partial charge on any atom is 2.00 e. The van der Waals surface area contributed by atoms with E-state index in [0.29, 0.717) is 29.2 Å². The van der Waals surface area contributed by atoms with Crippen LogP contribution in [0.5, 0.6) is 11.5 Å². The van der Waals surface area contributed by atoms with Crippen LogP contribution in [0.3, 0.4) is 0 Å². The quantitative estimate of drug-likeness (QED) is 0.173. The Morgan fingerprint density at radius 2 is 1.71 bits per heavy atom.